The maximum Gasteiger partial charge on any atom is 0.164 e. The molecule has 0 saturated carbocycles. The molecule has 0 saturated heterocycles. The number of para-hydroxylation sites is 1. The standard InChI is InChI=1S/C45H29N3O/c1-3-12-30(13-4-1)43-46-44(31-14-5-2-6-15-31)48-45(47-43)38-26-25-36(42-41(38)37-17-9-10-18-39(37)49-42)33-23-24-35-32(27-33)22-21-29-20-19-28-11-7-8-16-34(28)40(29)35/h1,3-5,7-27H,2,6H2. The second-order valence-corrected chi connectivity index (χ2v) is 12.7. The van der Waals surface area contributed by atoms with E-state index in [-0.39, 0.29) is 0 Å². The summed E-state index contributed by atoms with van der Waals surface area (Å²) >= 11 is 0. The van der Waals surface area contributed by atoms with Gasteiger partial charge in [-0.1, -0.05) is 127 Å². The number of fused-ring (bicyclic) bond motifs is 8. The first-order chi connectivity index (χ1) is 24.3. The van der Waals surface area contributed by atoms with Crippen LogP contribution in [0, 0.1) is 0 Å². The third-order valence-corrected chi connectivity index (χ3v) is 9.72. The number of nitrogens with zero attached hydrogens (tertiary/aromatic N) is 3. The van der Waals surface area contributed by atoms with E-state index in [1.54, 1.807) is 0 Å². The van der Waals surface area contributed by atoms with Crippen molar-refractivity contribution in [2.24, 2.45) is 0 Å². The van der Waals surface area contributed by atoms with E-state index in [0.29, 0.717) is 17.5 Å². The second-order valence-electron chi connectivity index (χ2n) is 12.7. The maximum absolute atomic E-state index is 6.71. The minimum absolute atomic E-state index is 0.628. The highest BCUT2D eigenvalue weighted by Crippen LogP contribution is 2.42. The Bertz CT molecular complexity index is 2830. The second kappa shape index (κ2) is 11.1. The van der Waals surface area contributed by atoms with Crippen LogP contribution in [0.5, 0.6) is 0 Å². The van der Waals surface area contributed by atoms with Crippen LogP contribution in [0.3, 0.4) is 0 Å². The van der Waals surface area contributed by atoms with Crippen LogP contribution < -0.4 is 0 Å². The fourth-order valence-corrected chi connectivity index (χ4v) is 7.37. The van der Waals surface area contributed by atoms with Crippen LogP contribution in [0.4, 0.5) is 0 Å². The molecule has 10 rings (SSSR count). The Kier molecular flexibility index (Phi) is 6.28. The molecule has 230 valence electrons. The lowest BCUT2D eigenvalue weighted by atomic mass is 9.93. The van der Waals surface area contributed by atoms with E-state index in [0.717, 1.165) is 62.6 Å². The van der Waals surface area contributed by atoms with Gasteiger partial charge in [0.25, 0.3) is 0 Å². The van der Waals surface area contributed by atoms with E-state index in [1.165, 1.54) is 32.3 Å². The first-order valence-corrected chi connectivity index (χ1v) is 16.8. The van der Waals surface area contributed by atoms with E-state index in [9.17, 15) is 0 Å². The van der Waals surface area contributed by atoms with Crippen molar-refractivity contribution in [3.05, 3.63) is 158 Å². The summed E-state index contributed by atoms with van der Waals surface area (Å²) in [5.41, 5.74) is 6.68. The molecule has 1 aliphatic carbocycles. The van der Waals surface area contributed by atoms with Crippen molar-refractivity contribution >= 4 is 59.8 Å². The number of furan rings is 1. The summed E-state index contributed by atoms with van der Waals surface area (Å²) in [7, 11) is 0. The molecular formula is C45H29N3O. The van der Waals surface area contributed by atoms with Gasteiger partial charge in [-0.3, -0.25) is 0 Å². The van der Waals surface area contributed by atoms with Gasteiger partial charge in [-0.05, 0) is 75.0 Å². The van der Waals surface area contributed by atoms with Crippen LogP contribution in [0.25, 0.3) is 93.7 Å². The summed E-state index contributed by atoms with van der Waals surface area (Å²) in [4.78, 5) is 15.1. The largest absolute Gasteiger partial charge is 0.455 e. The molecule has 0 radical (unpaired) electrons. The van der Waals surface area contributed by atoms with Gasteiger partial charge in [-0.15, -0.1) is 0 Å². The third-order valence-electron chi connectivity index (χ3n) is 9.72. The lowest BCUT2D eigenvalue weighted by Crippen LogP contribution is -2.03. The summed E-state index contributed by atoms with van der Waals surface area (Å²) in [6.07, 6.45) is 8.52. The van der Waals surface area contributed by atoms with Gasteiger partial charge < -0.3 is 4.42 Å². The summed E-state index contributed by atoms with van der Waals surface area (Å²) in [6, 6.07) is 47.0. The van der Waals surface area contributed by atoms with E-state index in [1.807, 2.05) is 42.5 Å². The Morgan fingerprint density at radius 1 is 0.469 bits per heavy atom. The van der Waals surface area contributed by atoms with Crippen molar-refractivity contribution in [3.8, 4) is 33.9 Å². The molecule has 0 fully saturated rings. The Hall–Kier alpha value is -6.39. The number of allylic oxidation sites excluding steroid dienone is 4. The molecule has 0 N–H and O–H groups in total. The number of hydrogen-bond acceptors (Lipinski definition) is 4. The van der Waals surface area contributed by atoms with Crippen LogP contribution in [-0.4, -0.2) is 15.0 Å². The van der Waals surface area contributed by atoms with Crippen molar-refractivity contribution in [2.45, 2.75) is 12.8 Å². The van der Waals surface area contributed by atoms with Crippen LogP contribution >= 0.6 is 0 Å². The molecule has 1 aliphatic rings. The normalized spacial score (nSPS) is 13.2. The highest BCUT2D eigenvalue weighted by Gasteiger charge is 2.21. The fraction of sp³-hybridized carbons (Fsp3) is 0.0444. The van der Waals surface area contributed by atoms with Gasteiger partial charge >= 0.3 is 0 Å². The lowest BCUT2D eigenvalue weighted by molar-refractivity contribution is 0.670. The number of rotatable bonds is 4. The van der Waals surface area contributed by atoms with Gasteiger partial charge in [0, 0.05) is 33.0 Å². The van der Waals surface area contributed by atoms with Crippen LogP contribution in [-0.2, 0) is 0 Å². The molecule has 0 atom stereocenters. The van der Waals surface area contributed by atoms with Gasteiger partial charge in [-0.25, -0.2) is 15.0 Å². The summed E-state index contributed by atoms with van der Waals surface area (Å²) in [5.74, 6) is 1.96. The Morgan fingerprint density at radius 2 is 1.18 bits per heavy atom. The SMILES string of the molecule is C1=CC(c2nc(-c3ccccc3)nc(-c3ccc(-c4ccc5c(ccc6ccc7ccccc7c65)c4)c4oc5ccccc5c34)n2)=CCC1. The molecule has 0 aliphatic heterocycles. The molecule has 7 aromatic carbocycles. The maximum atomic E-state index is 6.71. The molecule has 2 aromatic heterocycles. The van der Waals surface area contributed by atoms with Gasteiger partial charge in [0.05, 0.1) is 0 Å². The fourth-order valence-electron chi connectivity index (χ4n) is 7.37. The first kappa shape index (κ1) is 27.7. The van der Waals surface area contributed by atoms with Gasteiger partial charge in [0.15, 0.2) is 17.5 Å². The van der Waals surface area contributed by atoms with Crippen molar-refractivity contribution in [2.75, 3.05) is 0 Å². The van der Waals surface area contributed by atoms with E-state index in [2.05, 4.69) is 109 Å². The minimum Gasteiger partial charge on any atom is -0.455 e. The quantitative estimate of drug-likeness (QED) is 0.182. The molecule has 9 aromatic rings. The zero-order valence-corrected chi connectivity index (χ0v) is 26.6. The third kappa shape index (κ3) is 4.56. The number of aromatic nitrogens is 3. The van der Waals surface area contributed by atoms with Crippen molar-refractivity contribution in [3.63, 3.8) is 0 Å². The monoisotopic (exact) mass is 627 g/mol. The van der Waals surface area contributed by atoms with E-state index in [4.69, 9.17) is 19.4 Å². The Labute approximate surface area is 282 Å². The highest BCUT2D eigenvalue weighted by atomic mass is 16.3. The molecule has 4 heteroatoms. The topological polar surface area (TPSA) is 51.8 Å². The molecule has 2 heterocycles. The Morgan fingerprint density at radius 3 is 2.06 bits per heavy atom. The van der Waals surface area contributed by atoms with E-state index < -0.39 is 0 Å². The molecule has 0 amide bonds. The average molecular weight is 628 g/mol. The van der Waals surface area contributed by atoms with Gasteiger partial charge in [0.2, 0.25) is 0 Å². The molecule has 4 nitrogen and oxygen atoms in total. The van der Waals surface area contributed by atoms with Crippen LogP contribution in [0.1, 0.15) is 18.7 Å². The molecule has 0 unspecified atom stereocenters. The smallest absolute Gasteiger partial charge is 0.164 e. The van der Waals surface area contributed by atoms with Crippen molar-refractivity contribution in [1.82, 2.24) is 15.0 Å². The lowest BCUT2D eigenvalue weighted by Gasteiger charge is -2.13. The zero-order valence-electron chi connectivity index (χ0n) is 26.6. The van der Waals surface area contributed by atoms with Crippen molar-refractivity contribution < 1.29 is 4.42 Å². The molecule has 49 heavy (non-hydrogen) atoms. The summed E-state index contributed by atoms with van der Waals surface area (Å²) in [5, 5.41) is 9.52. The van der Waals surface area contributed by atoms with Crippen LogP contribution in [0.2, 0.25) is 0 Å². The summed E-state index contributed by atoms with van der Waals surface area (Å²) in [6.45, 7) is 0. The zero-order chi connectivity index (χ0) is 32.3. The molecular weight excluding hydrogens is 599 g/mol. The highest BCUT2D eigenvalue weighted by molar-refractivity contribution is 6.21. The Balaban J connectivity index is 1.20. The van der Waals surface area contributed by atoms with Gasteiger partial charge in [-0.2, -0.15) is 0 Å². The summed E-state index contributed by atoms with van der Waals surface area (Å²) < 4.78 is 6.71. The van der Waals surface area contributed by atoms with Gasteiger partial charge in [0.1, 0.15) is 11.2 Å². The predicted molar refractivity (Wildman–Crippen MR) is 202 cm³/mol. The van der Waals surface area contributed by atoms with Crippen molar-refractivity contribution in [1.29, 1.82) is 0 Å². The molecule has 0 bridgehead atoms. The predicted octanol–water partition coefficient (Wildman–Crippen LogP) is 12.0. The number of benzene rings is 7. The molecule has 0 spiro atoms. The average Bonchev–Trinajstić information content (AvgIpc) is 3.57. The van der Waals surface area contributed by atoms with Crippen LogP contribution in [0.15, 0.2) is 156 Å². The number of hydrogen-bond donors (Lipinski definition) is 0. The minimum atomic E-state index is 0.628. The van der Waals surface area contributed by atoms with E-state index >= 15 is 0 Å². The first-order valence-electron chi connectivity index (χ1n) is 16.8.